The van der Waals surface area contributed by atoms with Gasteiger partial charge in [0.2, 0.25) is 0 Å². The molecule has 0 aromatic heterocycles. The lowest BCUT2D eigenvalue weighted by Crippen LogP contribution is -2.45. The topological polar surface area (TPSA) is 82.6 Å². The second-order valence-electron chi connectivity index (χ2n) is 6.05. The van der Waals surface area contributed by atoms with E-state index in [2.05, 4.69) is 16.0 Å². The van der Waals surface area contributed by atoms with Crippen molar-refractivity contribution in [3.05, 3.63) is 65.4 Å². The largest absolute Gasteiger partial charge is 0.504 e. The summed E-state index contributed by atoms with van der Waals surface area (Å²) < 4.78 is 5.47. The van der Waals surface area contributed by atoms with Gasteiger partial charge in [-0.05, 0) is 55.9 Å². The first-order chi connectivity index (χ1) is 13.0. The molecule has 0 saturated carbocycles. The van der Waals surface area contributed by atoms with Crippen LogP contribution in [0, 0.1) is 0 Å². The normalized spacial score (nSPS) is 16.4. The fraction of sp³-hybridized carbons (Fsp3) is 0.200. The Bertz CT molecular complexity index is 897. The van der Waals surface area contributed by atoms with E-state index in [1.165, 1.54) is 0 Å². The van der Waals surface area contributed by atoms with Crippen LogP contribution >= 0.6 is 12.2 Å². The smallest absolute Gasteiger partial charge is 0.255 e. The molecule has 2 aromatic rings. The van der Waals surface area contributed by atoms with E-state index in [1.54, 1.807) is 18.2 Å². The molecular formula is C20H21N3O3S. The number of rotatable bonds is 5. The highest BCUT2D eigenvalue weighted by molar-refractivity contribution is 7.80. The van der Waals surface area contributed by atoms with Crippen LogP contribution in [0.25, 0.3) is 0 Å². The number of hydrogen-bond donors (Lipinski definition) is 4. The molecule has 0 aliphatic carbocycles. The van der Waals surface area contributed by atoms with Gasteiger partial charge in [0.25, 0.3) is 5.91 Å². The highest BCUT2D eigenvalue weighted by atomic mass is 32.1. The first-order valence-electron chi connectivity index (χ1n) is 8.60. The fourth-order valence-electron chi connectivity index (χ4n) is 2.95. The van der Waals surface area contributed by atoms with Crippen LogP contribution in [0.4, 0.5) is 5.69 Å². The predicted molar refractivity (Wildman–Crippen MR) is 109 cm³/mol. The highest BCUT2D eigenvalue weighted by Crippen LogP contribution is 2.34. The lowest BCUT2D eigenvalue weighted by molar-refractivity contribution is -0.113. The van der Waals surface area contributed by atoms with Crippen molar-refractivity contribution in [2.24, 2.45) is 0 Å². The van der Waals surface area contributed by atoms with E-state index in [1.807, 2.05) is 44.2 Å². The molecule has 1 aliphatic rings. The monoisotopic (exact) mass is 383 g/mol. The number of allylic oxidation sites excluding steroid dienone is 1. The van der Waals surface area contributed by atoms with E-state index in [0.717, 1.165) is 5.56 Å². The Labute approximate surface area is 163 Å². The second-order valence-corrected chi connectivity index (χ2v) is 6.46. The van der Waals surface area contributed by atoms with Gasteiger partial charge in [0.1, 0.15) is 0 Å². The van der Waals surface area contributed by atoms with Crippen LogP contribution < -0.4 is 20.7 Å². The van der Waals surface area contributed by atoms with Crippen molar-refractivity contribution < 1.29 is 14.6 Å². The van der Waals surface area contributed by atoms with Gasteiger partial charge in [0, 0.05) is 11.4 Å². The van der Waals surface area contributed by atoms with Crippen molar-refractivity contribution >= 4 is 28.9 Å². The van der Waals surface area contributed by atoms with Gasteiger partial charge >= 0.3 is 0 Å². The van der Waals surface area contributed by atoms with Gasteiger partial charge in [0.05, 0.1) is 18.2 Å². The second kappa shape index (κ2) is 8.09. The third-order valence-electron chi connectivity index (χ3n) is 4.16. The SMILES string of the molecule is CCOc1cc([C@@H]2NC(=S)NC(C)=C2C(=O)Nc2ccccc2)ccc1O. The summed E-state index contributed by atoms with van der Waals surface area (Å²) in [6.45, 7) is 4.07. The van der Waals surface area contributed by atoms with Gasteiger partial charge in [0.15, 0.2) is 16.6 Å². The number of aromatic hydroxyl groups is 1. The molecule has 0 saturated heterocycles. The first kappa shape index (κ1) is 18.7. The van der Waals surface area contributed by atoms with Gasteiger partial charge < -0.3 is 25.8 Å². The maximum atomic E-state index is 13.0. The molecule has 7 heteroatoms. The summed E-state index contributed by atoms with van der Waals surface area (Å²) in [4.78, 5) is 13.0. The molecule has 1 amide bonds. The number of carbonyl (C=O) groups excluding carboxylic acids is 1. The molecule has 2 aromatic carbocycles. The molecule has 1 heterocycles. The van der Waals surface area contributed by atoms with Crippen LogP contribution in [-0.2, 0) is 4.79 Å². The third kappa shape index (κ3) is 4.20. The Morgan fingerprint density at radius 2 is 2.00 bits per heavy atom. The maximum absolute atomic E-state index is 13.0. The Kier molecular flexibility index (Phi) is 5.61. The number of benzene rings is 2. The lowest BCUT2D eigenvalue weighted by Gasteiger charge is -2.30. The quantitative estimate of drug-likeness (QED) is 0.594. The van der Waals surface area contributed by atoms with E-state index in [4.69, 9.17) is 17.0 Å². The molecule has 0 radical (unpaired) electrons. The van der Waals surface area contributed by atoms with Gasteiger partial charge in [-0.2, -0.15) is 0 Å². The fourth-order valence-corrected chi connectivity index (χ4v) is 3.22. The minimum atomic E-state index is -0.470. The number of thiocarbonyl (C=S) groups is 1. The van der Waals surface area contributed by atoms with Crippen molar-refractivity contribution in [3.8, 4) is 11.5 Å². The summed E-state index contributed by atoms with van der Waals surface area (Å²) in [5, 5.41) is 19.4. The zero-order chi connectivity index (χ0) is 19.4. The van der Waals surface area contributed by atoms with Crippen LogP contribution in [0.2, 0.25) is 0 Å². The van der Waals surface area contributed by atoms with Crippen molar-refractivity contribution in [1.29, 1.82) is 0 Å². The minimum absolute atomic E-state index is 0.0492. The number of hydrogen-bond acceptors (Lipinski definition) is 4. The summed E-state index contributed by atoms with van der Waals surface area (Å²) in [6.07, 6.45) is 0. The third-order valence-corrected chi connectivity index (χ3v) is 4.38. The maximum Gasteiger partial charge on any atom is 0.255 e. The number of phenols is 1. The highest BCUT2D eigenvalue weighted by Gasteiger charge is 2.30. The van der Waals surface area contributed by atoms with Crippen molar-refractivity contribution in [1.82, 2.24) is 10.6 Å². The molecule has 27 heavy (non-hydrogen) atoms. The minimum Gasteiger partial charge on any atom is -0.504 e. The molecule has 1 aliphatic heterocycles. The van der Waals surface area contributed by atoms with Gasteiger partial charge in [-0.25, -0.2) is 0 Å². The van der Waals surface area contributed by atoms with Crippen molar-refractivity contribution in [2.45, 2.75) is 19.9 Å². The van der Waals surface area contributed by atoms with Crippen LogP contribution in [0.3, 0.4) is 0 Å². The average molecular weight is 383 g/mol. The van der Waals surface area contributed by atoms with E-state index < -0.39 is 6.04 Å². The number of nitrogens with one attached hydrogen (secondary N) is 3. The van der Waals surface area contributed by atoms with E-state index in [9.17, 15) is 9.90 Å². The lowest BCUT2D eigenvalue weighted by atomic mass is 9.94. The van der Waals surface area contributed by atoms with Gasteiger partial charge in [-0.15, -0.1) is 0 Å². The van der Waals surface area contributed by atoms with Crippen LogP contribution in [0.15, 0.2) is 59.8 Å². The number of amides is 1. The molecule has 3 rings (SSSR count). The predicted octanol–water partition coefficient (Wildman–Crippen LogP) is 3.22. The van der Waals surface area contributed by atoms with Gasteiger partial charge in [-0.3, -0.25) is 4.79 Å². The zero-order valence-corrected chi connectivity index (χ0v) is 15.9. The summed E-state index contributed by atoms with van der Waals surface area (Å²) in [5.74, 6) is 0.173. The molecule has 0 bridgehead atoms. The Morgan fingerprint density at radius 1 is 1.26 bits per heavy atom. The van der Waals surface area contributed by atoms with Crippen molar-refractivity contribution in [2.75, 3.05) is 11.9 Å². The zero-order valence-electron chi connectivity index (χ0n) is 15.1. The van der Waals surface area contributed by atoms with Crippen LogP contribution in [0.5, 0.6) is 11.5 Å². The standard InChI is InChI=1S/C20H21N3O3S/c1-3-26-16-11-13(9-10-15(16)24)18-17(12(2)21-20(27)23-18)19(25)22-14-7-5-4-6-8-14/h4-11,18,24H,3H2,1-2H3,(H,22,25)(H2,21,23,27)/t18-/m0/s1. The molecule has 0 unspecified atom stereocenters. The van der Waals surface area contributed by atoms with E-state index in [-0.39, 0.29) is 11.7 Å². The Morgan fingerprint density at radius 3 is 2.70 bits per heavy atom. The molecular weight excluding hydrogens is 362 g/mol. The van der Waals surface area contributed by atoms with Crippen molar-refractivity contribution in [3.63, 3.8) is 0 Å². The average Bonchev–Trinajstić information content (AvgIpc) is 2.63. The number of anilines is 1. The van der Waals surface area contributed by atoms with E-state index >= 15 is 0 Å². The number of ether oxygens (including phenoxy) is 1. The molecule has 140 valence electrons. The molecule has 6 nitrogen and oxygen atoms in total. The molecule has 0 fully saturated rings. The molecule has 1 atom stereocenters. The summed E-state index contributed by atoms with van der Waals surface area (Å²) in [7, 11) is 0. The number of carbonyl (C=O) groups is 1. The number of para-hydroxylation sites is 1. The van der Waals surface area contributed by atoms with Crippen LogP contribution in [-0.4, -0.2) is 22.7 Å². The molecule has 0 spiro atoms. The molecule has 4 N–H and O–H groups in total. The Balaban J connectivity index is 1.97. The van der Waals surface area contributed by atoms with Gasteiger partial charge in [-0.1, -0.05) is 24.3 Å². The van der Waals surface area contributed by atoms with Crippen LogP contribution in [0.1, 0.15) is 25.5 Å². The number of phenolic OH excluding ortho intramolecular Hbond substituents is 1. The summed E-state index contributed by atoms with van der Waals surface area (Å²) in [5.41, 5.74) is 2.65. The summed E-state index contributed by atoms with van der Waals surface area (Å²) >= 11 is 5.27. The Hall–Kier alpha value is -3.06. The summed E-state index contributed by atoms with van der Waals surface area (Å²) in [6, 6.07) is 13.8. The van der Waals surface area contributed by atoms with E-state index in [0.29, 0.717) is 34.4 Å². The first-order valence-corrected chi connectivity index (χ1v) is 9.00.